The maximum Gasteiger partial charge on any atom is 0.138 e. The molecule has 2 aromatic carbocycles. The van der Waals surface area contributed by atoms with Crippen LogP contribution in [0.1, 0.15) is 0 Å². The molecule has 0 aliphatic heterocycles. The normalized spacial score (nSPS) is 10.5. The number of pyridine rings is 1. The first kappa shape index (κ1) is 11.1. The fourth-order valence-electron chi connectivity index (χ4n) is 1.82. The Bertz CT molecular complexity index is 691. The topological polar surface area (TPSA) is 22.1 Å². The van der Waals surface area contributed by atoms with Crippen molar-refractivity contribution in [1.82, 2.24) is 4.98 Å². The van der Waals surface area contributed by atoms with Crippen LogP contribution in [0.2, 0.25) is 5.02 Å². The van der Waals surface area contributed by atoms with Gasteiger partial charge >= 0.3 is 0 Å². The van der Waals surface area contributed by atoms with Crippen LogP contribution in [0.3, 0.4) is 0 Å². The number of benzene rings is 2. The Morgan fingerprint density at radius 3 is 2.72 bits per heavy atom. The SMILES string of the molecule is Clc1cccc(Oc2ccnc3ccccc23)c1. The molecule has 0 spiro atoms. The van der Waals surface area contributed by atoms with Crippen molar-refractivity contribution < 1.29 is 4.74 Å². The second-order valence-electron chi connectivity index (χ2n) is 3.89. The molecule has 0 aliphatic carbocycles. The second-order valence-corrected chi connectivity index (χ2v) is 4.32. The smallest absolute Gasteiger partial charge is 0.138 e. The predicted octanol–water partition coefficient (Wildman–Crippen LogP) is 4.68. The predicted molar refractivity (Wildman–Crippen MR) is 73.3 cm³/mol. The van der Waals surface area contributed by atoms with Crippen molar-refractivity contribution >= 4 is 22.5 Å². The molecule has 0 radical (unpaired) electrons. The van der Waals surface area contributed by atoms with Crippen molar-refractivity contribution in [2.75, 3.05) is 0 Å². The van der Waals surface area contributed by atoms with Crippen molar-refractivity contribution in [3.05, 3.63) is 65.8 Å². The van der Waals surface area contributed by atoms with E-state index in [0.717, 1.165) is 22.4 Å². The van der Waals surface area contributed by atoms with Gasteiger partial charge in [0.05, 0.1) is 5.52 Å². The van der Waals surface area contributed by atoms with Gasteiger partial charge in [0.25, 0.3) is 0 Å². The fourth-order valence-corrected chi connectivity index (χ4v) is 2.00. The van der Waals surface area contributed by atoms with Crippen LogP contribution in [0.25, 0.3) is 10.9 Å². The Balaban J connectivity index is 2.05. The van der Waals surface area contributed by atoms with Crippen molar-refractivity contribution in [2.45, 2.75) is 0 Å². The molecule has 0 bridgehead atoms. The zero-order chi connectivity index (χ0) is 12.4. The molecule has 0 saturated carbocycles. The molecule has 3 aromatic rings. The lowest BCUT2D eigenvalue weighted by molar-refractivity contribution is 0.488. The summed E-state index contributed by atoms with van der Waals surface area (Å²) in [5.74, 6) is 1.50. The lowest BCUT2D eigenvalue weighted by Crippen LogP contribution is -1.87. The molecule has 0 amide bonds. The minimum absolute atomic E-state index is 0.658. The van der Waals surface area contributed by atoms with Gasteiger partial charge in [0.1, 0.15) is 11.5 Å². The van der Waals surface area contributed by atoms with E-state index in [0.29, 0.717) is 5.02 Å². The second kappa shape index (κ2) is 4.67. The first-order valence-electron chi connectivity index (χ1n) is 5.60. The number of para-hydroxylation sites is 1. The molecular formula is C15H10ClNO. The van der Waals surface area contributed by atoms with Crippen molar-refractivity contribution in [1.29, 1.82) is 0 Å². The van der Waals surface area contributed by atoms with Crippen molar-refractivity contribution in [2.24, 2.45) is 0 Å². The molecule has 0 unspecified atom stereocenters. The average Bonchev–Trinajstić information content (AvgIpc) is 2.39. The van der Waals surface area contributed by atoms with E-state index < -0.39 is 0 Å². The highest BCUT2D eigenvalue weighted by atomic mass is 35.5. The highest BCUT2D eigenvalue weighted by molar-refractivity contribution is 6.30. The maximum atomic E-state index is 5.94. The van der Waals surface area contributed by atoms with E-state index in [4.69, 9.17) is 16.3 Å². The minimum Gasteiger partial charge on any atom is -0.457 e. The highest BCUT2D eigenvalue weighted by Crippen LogP contribution is 2.29. The molecule has 0 atom stereocenters. The van der Waals surface area contributed by atoms with Gasteiger partial charge in [-0.2, -0.15) is 0 Å². The summed E-state index contributed by atoms with van der Waals surface area (Å²) in [6, 6.07) is 17.1. The molecule has 1 aromatic heterocycles. The Kier molecular flexibility index (Phi) is 2.87. The third-order valence-electron chi connectivity index (χ3n) is 2.63. The third kappa shape index (κ3) is 2.15. The molecule has 3 rings (SSSR count). The van der Waals surface area contributed by atoms with Crippen LogP contribution in [-0.2, 0) is 0 Å². The van der Waals surface area contributed by atoms with Gasteiger partial charge in [-0.15, -0.1) is 0 Å². The quantitative estimate of drug-likeness (QED) is 0.663. The van der Waals surface area contributed by atoms with E-state index in [2.05, 4.69) is 4.98 Å². The molecule has 0 aliphatic rings. The number of rotatable bonds is 2. The number of fused-ring (bicyclic) bond motifs is 1. The largest absolute Gasteiger partial charge is 0.457 e. The molecule has 0 saturated heterocycles. The summed E-state index contributed by atoms with van der Waals surface area (Å²) in [5, 5.41) is 1.64. The van der Waals surface area contributed by atoms with E-state index in [1.807, 2.05) is 48.5 Å². The summed E-state index contributed by atoms with van der Waals surface area (Å²) >= 11 is 5.94. The molecule has 0 N–H and O–H groups in total. The molecular weight excluding hydrogens is 246 g/mol. The van der Waals surface area contributed by atoms with Crippen molar-refractivity contribution in [3.8, 4) is 11.5 Å². The average molecular weight is 256 g/mol. The van der Waals surface area contributed by atoms with Crippen LogP contribution in [-0.4, -0.2) is 4.98 Å². The number of ether oxygens (including phenoxy) is 1. The third-order valence-corrected chi connectivity index (χ3v) is 2.87. The number of aromatic nitrogens is 1. The van der Waals surface area contributed by atoms with E-state index >= 15 is 0 Å². The van der Waals surface area contributed by atoms with Crippen LogP contribution in [0.15, 0.2) is 60.8 Å². The summed E-state index contributed by atoms with van der Waals surface area (Å²) in [6.07, 6.45) is 1.74. The number of hydrogen-bond donors (Lipinski definition) is 0. The van der Waals surface area contributed by atoms with Gasteiger partial charge in [0.15, 0.2) is 0 Å². The number of nitrogens with zero attached hydrogens (tertiary/aromatic N) is 1. The van der Waals surface area contributed by atoms with Gasteiger partial charge < -0.3 is 4.74 Å². The van der Waals surface area contributed by atoms with Crippen LogP contribution >= 0.6 is 11.6 Å². The summed E-state index contributed by atoms with van der Waals surface area (Å²) in [6.45, 7) is 0. The summed E-state index contributed by atoms with van der Waals surface area (Å²) < 4.78 is 5.85. The Morgan fingerprint density at radius 1 is 0.944 bits per heavy atom. The van der Waals surface area contributed by atoms with Crippen LogP contribution < -0.4 is 4.74 Å². The Hall–Kier alpha value is -2.06. The van der Waals surface area contributed by atoms with Gasteiger partial charge in [0.2, 0.25) is 0 Å². The lowest BCUT2D eigenvalue weighted by Gasteiger charge is -2.08. The molecule has 0 fully saturated rings. The van der Waals surface area contributed by atoms with Crippen LogP contribution in [0, 0.1) is 0 Å². The summed E-state index contributed by atoms with van der Waals surface area (Å²) in [4.78, 5) is 4.29. The molecule has 1 heterocycles. The van der Waals surface area contributed by atoms with Gasteiger partial charge in [-0.25, -0.2) is 0 Å². The Labute approximate surface area is 110 Å². The molecule has 2 nitrogen and oxygen atoms in total. The van der Waals surface area contributed by atoms with E-state index in [1.54, 1.807) is 12.3 Å². The Morgan fingerprint density at radius 2 is 1.83 bits per heavy atom. The fraction of sp³-hybridized carbons (Fsp3) is 0. The van der Waals surface area contributed by atoms with Crippen molar-refractivity contribution in [3.63, 3.8) is 0 Å². The van der Waals surface area contributed by atoms with Gasteiger partial charge in [-0.1, -0.05) is 29.8 Å². The van der Waals surface area contributed by atoms with Gasteiger partial charge in [0, 0.05) is 16.6 Å². The summed E-state index contributed by atoms with van der Waals surface area (Å²) in [5.41, 5.74) is 0.914. The van der Waals surface area contributed by atoms with E-state index in [1.165, 1.54) is 0 Å². The first-order chi connectivity index (χ1) is 8.83. The van der Waals surface area contributed by atoms with E-state index in [9.17, 15) is 0 Å². The van der Waals surface area contributed by atoms with E-state index in [-0.39, 0.29) is 0 Å². The first-order valence-corrected chi connectivity index (χ1v) is 5.98. The molecule has 18 heavy (non-hydrogen) atoms. The lowest BCUT2D eigenvalue weighted by atomic mass is 10.2. The van der Waals surface area contributed by atoms with Gasteiger partial charge in [-0.3, -0.25) is 4.98 Å². The maximum absolute atomic E-state index is 5.94. The molecule has 3 heteroatoms. The number of hydrogen-bond acceptors (Lipinski definition) is 2. The summed E-state index contributed by atoms with van der Waals surface area (Å²) in [7, 11) is 0. The standard InChI is InChI=1S/C15H10ClNO/c16-11-4-3-5-12(10-11)18-15-8-9-17-14-7-2-1-6-13(14)15/h1-10H. The van der Waals surface area contributed by atoms with Crippen LogP contribution in [0.5, 0.6) is 11.5 Å². The number of halogens is 1. The minimum atomic E-state index is 0.658. The monoisotopic (exact) mass is 255 g/mol. The van der Waals surface area contributed by atoms with Gasteiger partial charge in [-0.05, 0) is 36.4 Å². The zero-order valence-electron chi connectivity index (χ0n) is 9.51. The highest BCUT2D eigenvalue weighted by Gasteiger charge is 2.03. The van der Waals surface area contributed by atoms with Crippen LogP contribution in [0.4, 0.5) is 0 Å². The molecule has 88 valence electrons. The zero-order valence-corrected chi connectivity index (χ0v) is 10.3.